The van der Waals surface area contributed by atoms with Crippen LogP contribution in [0.4, 0.5) is 11.4 Å². The van der Waals surface area contributed by atoms with Crippen LogP contribution in [0.15, 0.2) is 65.6 Å². The van der Waals surface area contributed by atoms with Crippen molar-refractivity contribution in [1.82, 2.24) is 0 Å². The molecule has 3 aromatic rings. The minimum atomic E-state index is -3.72. The number of ether oxygens (including phenoxy) is 1. The molecule has 1 N–H and O–H groups in total. The Morgan fingerprint density at radius 1 is 0.923 bits per heavy atom. The van der Waals surface area contributed by atoms with Crippen molar-refractivity contribution in [3.63, 3.8) is 0 Å². The predicted molar refractivity (Wildman–Crippen MR) is 107 cm³/mol. The molecule has 6 heteroatoms. The number of nitrogens with one attached hydrogen (secondary N) is 1. The lowest BCUT2D eigenvalue weighted by atomic mass is 10.1. The molecule has 0 amide bonds. The largest absolute Gasteiger partial charge is 0.494 e. The normalized spacial score (nSPS) is 11.3. The average Bonchev–Trinajstić information content (AvgIpc) is 2.62. The molecular formula is C20H22N2O3S. The van der Waals surface area contributed by atoms with E-state index in [0.29, 0.717) is 23.4 Å². The van der Waals surface area contributed by atoms with Gasteiger partial charge in [0.1, 0.15) is 5.75 Å². The molecule has 0 unspecified atom stereocenters. The van der Waals surface area contributed by atoms with Crippen LogP contribution in [0.25, 0.3) is 10.8 Å². The van der Waals surface area contributed by atoms with Gasteiger partial charge in [0.2, 0.25) is 0 Å². The van der Waals surface area contributed by atoms with Crippen LogP contribution < -0.4 is 14.4 Å². The molecule has 0 heterocycles. The van der Waals surface area contributed by atoms with Crippen molar-refractivity contribution in [2.75, 3.05) is 30.3 Å². The Kier molecular flexibility index (Phi) is 5.04. The molecule has 0 spiro atoms. The molecular weight excluding hydrogens is 348 g/mol. The molecule has 5 nitrogen and oxygen atoms in total. The fourth-order valence-electron chi connectivity index (χ4n) is 2.88. The predicted octanol–water partition coefficient (Wildman–Crippen LogP) is 4.11. The van der Waals surface area contributed by atoms with E-state index in [1.54, 1.807) is 36.4 Å². The van der Waals surface area contributed by atoms with Crippen LogP contribution in [0.2, 0.25) is 0 Å². The summed E-state index contributed by atoms with van der Waals surface area (Å²) in [6, 6.07) is 17.9. The summed E-state index contributed by atoms with van der Waals surface area (Å²) < 4.78 is 33.9. The van der Waals surface area contributed by atoms with E-state index in [2.05, 4.69) is 4.72 Å². The molecule has 0 radical (unpaired) electrons. The zero-order valence-corrected chi connectivity index (χ0v) is 15.9. The van der Waals surface area contributed by atoms with Gasteiger partial charge in [-0.1, -0.05) is 24.3 Å². The van der Waals surface area contributed by atoms with Crippen molar-refractivity contribution in [2.24, 2.45) is 0 Å². The molecule has 0 aliphatic rings. The molecule has 0 aliphatic carbocycles. The summed E-state index contributed by atoms with van der Waals surface area (Å²) in [6.07, 6.45) is 0. The van der Waals surface area contributed by atoms with Crippen molar-refractivity contribution in [2.45, 2.75) is 11.8 Å². The summed E-state index contributed by atoms with van der Waals surface area (Å²) in [5, 5.41) is 1.59. The maximum absolute atomic E-state index is 13.0. The van der Waals surface area contributed by atoms with Gasteiger partial charge in [-0.3, -0.25) is 4.72 Å². The third-order valence-electron chi connectivity index (χ3n) is 4.05. The van der Waals surface area contributed by atoms with Crippen LogP contribution in [0.3, 0.4) is 0 Å². The highest BCUT2D eigenvalue weighted by atomic mass is 32.2. The number of sulfonamides is 1. The minimum Gasteiger partial charge on any atom is -0.494 e. The first kappa shape index (κ1) is 18.1. The van der Waals surface area contributed by atoms with Gasteiger partial charge in [0.25, 0.3) is 10.0 Å². The maximum atomic E-state index is 13.0. The highest BCUT2D eigenvalue weighted by Crippen LogP contribution is 2.31. The van der Waals surface area contributed by atoms with Crippen LogP contribution in [-0.4, -0.2) is 29.1 Å². The van der Waals surface area contributed by atoms with Crippen molar-refractivity contribution in [3.05, 3.63) is 60.7 Å². The molecule has 3 rings (SSSR count). The van der Waals surface area contributed by atoms with Crippen LogP contribution in [0, 0.1) is 0 Å². The molecule has 0 aromatic heterocycles. The van der Waals surface area contributed by atoms with E-state index in [1.807, 2.05) is 50.2 Å². The van der Waals surface area contributed by atoms with Crippen molar-refractivity contribution in [1.29, 1.82) is 0 Å². The molecule has 26 heavy (non-hydrogen) atoms. The Bertz CT molecular complexity index is 1010. The summed E-state index contributed by atoms with van der Waals surface area (Å²) >= 11 is 0. The van der Waals surface area contributed by atoms with Gasteiger partial charge < -0.3 is 9.64 Å². The molecule has 0 bridgehead atoms. The molecule has 0 atom stereocenters. The van der Waals surface area contributed by atoms with E-state index in [1.165, 1.54) is 0 Å². The lowest BCUT2D eigenvalue weighted by Gasteiger charge is -2.17. The molecule has 0 saturated heterocycles. The first-order valence-electron chi connectivity index (χ1n) is 8.37. The van der Waals surface area contributed by atoms with Gasteiger partial charge in [0.15, 0.2) is 0 Å². The van der Waals surface area contributed by atoms with Gasteiger partial charge in [-0.05, 0) is 43.3 Å². The summed E-state index contributed by atoms with van der Waals surface area (Å²) in [4.78, 5) is 2.23. The Morgan fingerprint density at radius 2 is 1.58 bits per heavy atom. The fourth-order valence-corrected chi connectivity index (χ4v) is 4.17. The van der Waals surface area contributed by atoms with Crippen LogP contribution >= 0.6 is 0 Å². The number of rotatable bonds is 6. The van der Waals surface area contributed by atoms with Gasteiger partial charge in [0.05, 0.1) is 11.5 Å². The number of benzene rings is 3. The lowest BCUT2D eigenvalue weighted by molar-refractivity contribution is 0.340. The summed E-state index contributed by atoms with van der Waals surface area (Å²) in [5.41, 5.74) is 1.47. The number of fused-ring (bicyclic) bond motifs is 1. The van der Waals surface area contributed by atoms with Crippen molar-refractivity contribution >= 4 is 32.2 Å². The third kappa shape index (κ3) is 3.60. The number of anilines is 2. The second-order valence-electron chi connectivity index (χ2n) is 6.09. The van der Waals surface area contributed by atoms with Crippen LogP contribution in [0.1, 0.15) is 6.92 Å². The number of hydrogen-bond donors (Lipinski definition) is 1. The molecule has 0 saturated carbocycles. The van der Waals surface area contributed by atoms with Gasteiger partial charge in [-0.15, -0.1) is 0 Å². The van der Waals surface area contributed by atoms with Gasteiger partial charge in [-0.25, -0.2) is 8.42 Å². The fraction of sp³-hybridized carbons (Fsp3) is 0.200. The highest BCUT2D eigenvalue weighted by molar-refractivity contribution is 7.93. The van der Waals surface area contributed by atoms with E-state index in [0.717, 1.165) is 11.1 Å². The SMILES string of the molecule is CCOc1ccc(NS(=O)(=O)c2cccc3c(N(C)C)cccc23)cc1. The highest BCUT2D eigenvalue weighted by Gasteiger charge is 2.18. The third-order valence-corrected chi connectivity index (χ3v) is 5.49. The Balaban J connectivity index is 2.00. The van der Waals surface area contributed by atoms with Crippen LogP contribution in [-0.2, 0) is 10.0 Å². The van der Waals surface area contributed by atoms with E-state index in [9.17, 15) is 8.42 Å². The Morgan fingerprint density at radius 3 is 2.23 bits per heavy atom. The molecule has 136 valence electrons. The Labute approximate surface area is 154 Å². The zero-order valence-electron chi connectivity index (χ0n) is 15.1. The summed E-state index contributed by atoms with van der Waals surface area (Å²) in [7, 11) is 0.160. The second kappa shape index (κ2) is 7.25. The first-order valence-corrected chi connectivity index (χ1v) is 9.85. The quantitative estimate of drug-likeness (QED) is 0.709. The maximum Gasteiger partial charge on any atom is 0.262 e. The lowest BCUT2D eigenvalue weighted by Crippen LogP contribution is -2.14. The average molecular weight is 370 g/mol. The summed E-state index contributed by atoms with van der Waals surface area (Å²) in [5.74, 6) is 0.705. The number of hydrogen-bond acceptors (Lipinski definition) is 4. The van der Waals surface area contributed by atoms with Gasteiger partial charge in [0, 0.05) is 36.2 Å². The second-order valence-corrected chi connectivity index (χ2v) is 7.74. The monoisotopic (exact) mass is 370 g/mol. The smallest absolute Gasteiger partial charge is 0.262 e. The van der Waals surface area contributed by atoms with Crippen molar-refractivity contribution in [3.8, 4) is 5.75 Å². The van der Waals surface area contributed by atoms with E-state index in [-0.39, 0.29) is 4.90 Å². The molecule has 0 fully saturated rings. The molecule has 3 aromatic carbocycles. The van der Waals surface area contributed by atoms with Gasteiger partial charge >= 0.3 is 0 Å². The van der Waals surface area contributed by atoms with Crippen molar-refractivity contribution < 1.29 is 13.2 Å². The summed E-state index contributed by atoms with van der Waals surface area (Å²) in [6.45, 7) is 2.47. The Hall–Kier alpha value is -2.73. The van der Waals surface area contributed by atoms with E-state index < -0.39 is 10.0 Å². The van der Waals surface area contributed by atoms with E-state index in [4.69, 9.17) is 4.74 Å². The standard InChI is InChI=1S/C20H22N2O3S/c1-4-25-16-13-11-15(12-14-16)21-26(23,24)20-10-6-7-17-18(20)8-5-9-19(17)22(2)3/h5-14,21H,4H2,1-3H3. The van der Waals surface area contributed by atoms with Gasteiger partial charge in [-0.2, -0.15) is 0 Å². The molecule has 0 aliphatic heterocycles. The number of nitrogens with zero attached hydrogens (tertiary/aromatic N) is 1. The minimum absolute atomic E-state index is 0.257. The first-order chi connectivity index (χ1) is 12.4. The zero-order chi connectivity index (χ0) is 18.7. The van der Waals surface area contributed by atoms with E-state index >= 15 is 0 Å². The van der Waals surface area contributed by atoms with Crippen LogP contribution in [0.5, 0.6) is 5.75 Å². The topological polar surface area (TPSA) is 58.6 Å².